The second kappa shape index (κ2) is 7.51. The van der Waals surface area contributed by atoms with E-state index in [4.69, 9.17) is 16.3 Å². The zero-order valence-corrected chi connectivity index (χ0v) is 17.1. The van der Waals surface area contributed by atoms with Crippen molar-refractivity contribution in [3.63, 3.8) is 0 Å². The number of fused-ring (bicyclic) bond motifs is 2. The summed E-state index contributed by atoms with van der Waals surface area (Å²) >= 11 is 5.90. The number of nitrogens with zero attached hydrogens (tertiary/aromatic N) is 2. The number of benzene rings is 2. The Hall–Kier alpha value is -2.73. The molecule has 0 aliphatic heterocycles. The molecule has 2 aliphatic rings. The van der Waals surface area contributed by atoms with Crippen molar-refractivity contribution in [3.05, 3.63) is 59.5 Å². The first-order valence-electron chi connectivity index (χ1n) is 10.1. The van der Waals surface area contributed by atoms with E-state index in [1.165, 1.54) is 12.1 Å². The second-order valence-corrected chi connectivity index (χ2v) is 8.71. The van der Waals surface area contributed by atoms with Crippen molar-refractivity contribution < 1.29 is 13.9 Å². The molecule has 1 N–H and O–H groups in total. The monoisotopic (exact) mass is 425 g/mol. The van der Waals surface area contributed by atoms with Crippen LogP contribution in [-0.4, -0.2) is 22.2 Å². The zero-order valence-electron chi connectivity index (χ0n) is 16.4. The number of hydrogen-bond donors (Lipinski definition) is 1. The van der Waals surface area contributed by atoms with E-state index in [-0.39, 0.29) is 23.7 Å². The molecule has 0 spiro atoms. The van der Waals surface area contributed by atoms with Crippen LogP contribution in [-0.2, 0) is 4.79 Å². The number of rotatable bonds is 5. The molecule has 7 heteroatoms. The van der Waals surface area contributed by atoms with Crippen LogP contribution in [0.2, 0.25) is 5.02 Å². The van der Waals surface area contributed by atoms with Gasteiger partial charge in [0.15, 0.2) is 0 Å². The van der Waals surface area contributed by atoms with Crippen molar-refractivity contribution in [2.75, 3.05) is 5.32 Å². The predicted molar refractivity (Wildman–Crippen MR) is 113 cm³/mol. The van der Waals surface area contributed by atoms with Gasteiger partial charge in [-0.3, -0.25) is 4.79 Å². The molecule has 0 radical (unpaired) electrons. The van der Waals surface area contributed by atoms with Gasteiger partial charge in [0.05, 0.1) is 17.8 Å². The lowest BCUT2D eigenvalue weighted by Crippen LogP contribution is -2.25. The van der Waals surface area contributed by atoms with E-state index in [9.17, 15) is 9.18 Å². The van der Waals surface area contributed by atoms with Crippen LogP contribution >= 0.6 is 11.6 Å². The van der Waals surface area contributed by atoms with Crippen LogP contribution in [0, 0.1) is 29.5 Å². The minimum Gasteiger partial charge on any atom is -0.488 e. The standard InChI is InChI=1S/C23H21ClFN3O2/c1-12(23(29)27-15-5-2-13(24)3-6-15)22-17-9-16(10-18(17)22)30-21-11-26-28-20-7-4-14(25)8-19(20)21/h2-8,11-12,16-18,22H,9-10H2,1H3,(H,27,29)/t12?,16?,17-,18+,22?. The van der Waals surface area contributed by atoms with E-state index in [0.717, 1.165) is 18.5 Å². The highest BCUT2D eigenvalue weighted by Gasteiger charge is 2.59. The molecule has 2 fully saturated rings. The Morgan fingerprint density at radius 3 is 2.67 bits per heavy atom. The van der Waals surface area contributed by atoms with Gasteiger partial charge in [0.2, 0.25) is 5.91 Å². The van der Waals surface area contributed by atoms with Crippen LogP contribution in [0.4, 0.5) is 10.1 Å². The number of anilines is 1. The van der Waals surface area contributed by atoms with Gasteiger partial charge in [-0.25, -0.2) is 4.39 Å². The van der Waals surface area contributed by atoms with E-state index in [1.54, 1.807) is 36.5 Å². The van der Waals surface area contributed by atoms with Crippen LogP contribution in [0.15, 0.2) is 48.7 Å². The van der Waals surface area contributed by atoms with Crippen molar-refractivity contribution in [2.24, 2.45) is 23.7 Å². The summed E-state index contributed by atoms with van der Waals surface area (Å²) in [7, 11) is 0. The molecule has 154 valence electrons. The molecule has 2 saturated carbocycles. The molecule has 30 heavy (non-hydrogen) atoms. The number of amides is 1. The first-order chi connectivity index (χ1) is 14.5. The van der Waals surface area contributed by atoms with E-state index < -0.39 is 0 Å². The van der Waals surface area contributed by atoms with Crippen molar-refractivity contribution in [3.8, 4) is 5.75 Å². The number of ether oxygens (including phenoxy) is 1. The number of carbonyl (C=O) groups is 1. The van der Waals surface area contributed by atoms with Gasteiger partial charge >= 0.3 is 0 Å². The maximum atomic E-state index is 13.6. The maximum Gasteiger partial charge on any atom is 0.227 e. The third-order valence-electron chi connectivity index (χ3n) is 6.43. The highest BCUT2D eigenvalue weighted by molar-refractivity contribution is 6.30. The Labute approximate surface area is 178 Å². The molecular formula is C23H21ClFN3O2. The van der Waals surface area contributed by atoms with Crippen LogP contribution < -0.4 is 10.1 Å². The average Bonchev–Trinajstić information content (AvgIpc) is 3.24. The highest BCUT2D eigenvalue weighted by Crippen LogP contribution is 2.61. The topological polar surface area (TPSA) is 64.1 Å². The number of nitrogens with one attached hydrogen (secondary N) is 1. The van der Waals surface area contributed by atoms with E-state index in [0.29, 0.717) is 39.4 Å². The van der Waals surface area contributed by atoms with Gasteiger partial charge in [-0.2, -0.15) is 10.2 Å². The maximum absolute atomic E-state index is 13.6. The van der Waals surface area contributed by atoms with Gasteiger partial charge < -0.3 is 10.1 Å². The lowest BCUT2D eigenvalue weighted by atomic mass is 9.97. The smallest absolute Gasteiger partial charge is 0.227 e. The molecule has 1 amide bonds. The third kappa shape index (κ3) is 3.60. The molecule has 3 unspecified atom stereocenters. The number of halogens is 2. The van der Waals surface area contributed by atoms with E-state index in [2.05, 4.69) is 15.5 Å². The minimum absolute atomic E-state index is 0.0361. The van der Waals surface area contributed by atoms with Crippen molar-refractivity contribution >= 4 is 34.1 Å². The lowest BCUT2D eigenvalue weighted by Gasteiger charge is -2.20. The molecule has 1 aromatic heterocycles. The van der Waals surface area contributed by atoms with E-state index >= 15 is 0 Å². The Kier molecular flexibility index (Phi) is 4.82. The molecule has 5 nitrogen and oxygen atoms in total. The molecule has 5 atom stereocenters. The SMILES string of the molecule is CC(C(=O)Nc1ccc(Cl)cc1)C1[C@H]2CC(Oc3cnnc4ccc(F)cc34)C[C@@H]12. The molecule has 1 heterocycles. The lowest BCUT2D eigenvalue weighted by molar-refractivity contribution is -0.120. The quantitative estimate of drug-likeness (QED) is 0.617. The van der Waals surface area contributed by atoms with Crippen LogP contribution in [0.5, 0.6) is 5.75 Å². The van der Waals surface area contributed by atoms with Crippen molar-refractivity contribution in [2.45, 2.75) is 25.9 Å². The summed E-state index contributed by atoms with van der Waals surface area (Å²) in [6, 6.07) is 11.5. The van der Waals surface area contributed by atoms with Crippen molar-refractivity contribution in [1.82, 2.24) is 10.2 Å². The van der Waals surface area contributed by atoms with Gasteiger partial charge in [-0.1, -0.05) is 18.5 Å². The summed E-state index contributed by atoms with van der Waals surface area (Å²) in [5, 5.41) is 12.3. The fraction of sp³-hybridized carbons (Fsp3) is 0.348. The number of aromatic nitrogens is 2. The third-order valence-corrected chi connectivity index (χ3v) is 6.68. The summed E-state index contributed by atoms with van der Waals surface area (Å²) in [5.74, 6) is 1.56. The molecule has 5 rings (SSSR count). The largest absolute Gasteiger partial charge is 0.488 e. The Morgan fingerprint density at radius 2 is 1.93 bits per heavy atom. The molecule has 0 saturated heterocycles. The Morgan fingerprint density at radius 1 is 1.20 bits per heavy atom. The van der Waals surface area contributed by atoms with Gasteiger partial charge in [0.1, 0.15) is 11.6 Å². The molecule has 2 aliphatic carbocycles. The van der Waals surface area contributed by atoms with Gasteiger partial charge in [0, 0.05) is 22.0 Å². The first-order valence-corrected chi connectivity index (χ1v) is 10.5. The van der Waals surface area contributed by atoms with E-state index in [1.807, 2.05) is 6.92 Å². The summed E-state index contributed by atoms with van der Waals surface area (Å²) in [6.45, 7) is 1.99. The summed E-state index contributed by atoms with van der Waals surface area (Å²) in [5.41, 5.74) is 1.37. The van der Waals surface area contributed by atoms with Gasteiger partial charge in [0.25, 0.3) is 0 Å². The van der Waals surface area contributed by atoms with Gasteiger partial charge in [-0.05, 0) is 73.1 Å². The summed E-state index contributed by atoms with van der Waals surface area (Å²) in [6.07, 6.45) is 3.39. The fourth-order valence-corrected chi connectivity index (χ4v) is 5.05. The highest BCUT2D eigenvalue weighted by atomic mass is 35.5. The Balaban J connectivity index is 1.20. The van der Waals surface area contributed by atoms with Gasteiger partial charge in [-0.15, -0.1) is 0 Å². The predicted octanol–water partition coefficient (Wildman–Crippen LogP) is 5.10. The van der Waals surface area contributed by atoms with Crippen LogP contribution in [0.3, 0.4) is 0 Å². The number of carbonyl (C=O) groups excluding carboxylic acids is 1. The number of hydrogen-bond acceptors (Lipinski definition) is 4. The normalized spacial score (nSPS) is 25.6. The van der Waals surface area contributed by atoms with Crippen LogP contribution in [0.1, 0.15) is 19.8 Å². The fourth-order valence-electron chi connectivity index (χ4n) is 4.92. The second-order valence-electron chi connectivity index (χ2n) is 8.27. The van der Waals surface area contributed by atoms with Crippen LogP contribution in [0.25, 0.3) is 10.9 Å². The molecule has 0 bridgehead atoms. The summed E-state index contributed by atoms with van der Waals surface area (Å²) < 4.78 is 19.8. The summed E-state index contributed by atoms with van der Waals surface area (Å²) in [4.78, 5) is 12.6. The molecule has 2 aromatic carbocycles. The zero-order chi connectivity index (χ0) is 20.8. The minimum atomic E-state index is -0.324. The first kappa shape index (κ1) is 19.2. The Bertz CT molecular complexity index is 1100. The molecular weight excluding hydrogens is 405 g/mol. The molecule has 3 aromatic rings. The van der Waals surface area contributed by atoms with Crippen molar-refractivity contribution in [1.29, 1.82) is 0 Å². The average molecular weight is 426 g/mol.